The van der Waals surface area contributed by atoms with E-state index in [1.807, 2.05) is 24.3 Å². The molecule has 0 bridgehead atoms. The average Bonchev–Trinajstić information content (AvgIpc) is 2.52. The number of nitrogens with zero attached hydrogens (tertiary/aromatic N) is 1. The fraction of sp³-hybridized carbons (Fsp3) is 0.588. The van der Waals surface area contributed by atoms with Gasteiger partial charge in [0.25, 0.3) is 0 Å². The smallest absolute Gasteiger partial charge is 0.195 e. The number of unbranched alkanes of at least 4 members (excludes halogenated alkanes) is 1. The lowest BCUT2D eigenvalue weighted by molar-refractivity contribution is 0.172. The molecule has 0 aliphatic carbocycles. The normalized spacial score (nSPS) is 11.3. The number of rotatable bonds is 10. The van der Waals surface area contributed by atoms with E-state index in [0.29, 0.717) is 13.2 Å². The molecule has 0 unspecified atom stereocenters. The third-order valence-corrected chi connectivity index (χ3v) is 2.98. The lowest BCUT2D eigenvalue weighted by Crippen LogP contribution is -2.30. The summed E-state index contributed by atoms with van der Waals surface area (Å²) >= 11 is 0. The minimum Gasteiger partial charge on any atom is -0.493 e. The van der Waals surface area contributed by atoms with Crippen molar-refractivity contribution in [3.63, 3.8) is 0 Å². The largest absolute Gasteiger partial charge is 0.493 e. The molecule has 0 aliphatic heterocycles. The number of hydrogen-bond acceptors (Lipinski definition) is 3. The van der Waals surface area contributed by atoms with Crippen LogP contribution in [-0.2, 0) is 4.74 Å². The van der Waals surface area contributed by atoms with Crippen molar-refractivity contribution in [2.75, 3.05) is 38.7 Å². The van der Waals surface area contributed by atoms with Gasteiger partial charge >= 0.3 is 0 Å². The van der Waals surface area contributed by atoms with Crippen LogP contribution in [0.4, 0.5) is 5.69 Å². The third-order valence-electron chi connectivity index (χ3n) is 2.98. The maximum Gasteiger partial charge on any atom is 0.195 e. The minimum atomic E-state index is 0.655. The summed E-state index contributed by atoms with van der Waals surface area (Å²) in [4.78, 5) is 4.55. The summed E-state index contributed by atoms with van der Waals surface area (Å²) in [6, 6.07) is 7.93. The number of anilines is 1. The van der Waals surface area contributed by atoms with Crippen LogP contribution in [0.2, 0.25) is 0 Å². The van der Waals surface area contributed by atoms with E-state index in [9.17, 15) is 0 Å². The Morgan fingerprint density at radius 1 is 1.18 bits per heavy atom. The third kappa shape index (κ3) is 7.88. The van der Waals surface area contributed by atoms with Gasteiger partial charge in [-0.15, -0.1) is 0 Å². The molecule has 0 heterocycles. The van der Waals surface area contributed by atoms with Gasteiger partial charge in [-0.1, -0.05) is 19.4 Å². The molecule has 124 valence electrons. The molecule has 5 heteroatoms. The zero-order valence-corrected chi connectivity index (χ0v) is 14.0. The Hall–Kier alpha value is -1.75. The maximum absolute atomic E-state index is 5.71. The van der Waals surface area contributed by atoms with Gasteiger partial charge < -0.3 is 20.1 Å². The van der Waals surface area contributed by atoms with Gasteiger partial charge in [-0.05, 0) is 25.5 Å². The van der Waals surface area contributed by atoms with Crippen LogP contribution < -0.4 is 15.4 Å². The van der Waals surface area contributed by atoms with Crippen LogP contribution in [-0.4, -0.2) is 39.4 Å². The van der Waals surface area contributed by atoms with Crippen LogP contribution >= 0.6 is 0 Å². The molecule has 1 aromatic carbocycles. The number of methoxy groups -OCH3 is 1. The molecule has 0 fully saturated rings. The summed E-state index contributed by atoms with van der Waals surface area (Å²) in [5, 5.41) is 6.57. The van der Waals surface area contributed by atoms with E-state index < -0.39 is 0 Å². The van der Waals surface area contributed by atoms with Crippen LogP contribution in [0.15, 0.2) is 29.3 Å². The molecular formula is C17H29N3O2. The Morgan fingerprint density at radius 3 is 2.77 bits per heavy atom. The van der Waals surface area contributed by atoms with E-state index in [-0.39, 0.29) is 0 Å². The lowest BCUT2D eigenvalue weighted by atomic mass is 10.3. The molecule has 0 atom stereocenters. The SMILES string of the molecule is CCCCN=C(NCC)Nc1cccc(OCCCOC)c1. The summed E-state index contributed by atoms with van der Waals surface area (Å²) in [6.07, 6.45) is 3.13. The van der Waals surface area contributed by atoms with Crippen molar-refractivity contribution >= 4 is 11.6 Å². The zero-order chi connectivity index (χ0) is 16.0. The predicted molar refractivity (Wildman–Crippen MR) is 92.9 cm³/mol. The lowest BCUT2D eigenvalue weighted by Gasteiger charge is -2.12. The molecule has 1 rings (SSSR count). The van der Waals surface area contributed by atoms with Crippen molar-refractivity contribution < 1.29 is 9.47 Å². The van der Waals surface area contributed by atoms with E-state index in [0.717, 1.165) is 49.7 Å². The predicted octanol–water partition coefficient (Wildman–Crippen LogP) is 3.28. The molecule has 0 saturated heterocycles. The van der Waals surface area contributed by atoms with Gasteiger partial charge in [0, 0.05) is 45.0 Å². The highest BCUT2D eigenvalue weighted by molar-refractivity contribution is 5.93. The fourth-order valence-corrected chi connectivity index (χ4v) is 1.85. The van der Waals surface area contributed by atoms with Crippen LogP contribution in [0, 0.1) is 0 Å². The van der Waals surface area contributed by atoms with Crippen molar-refractivity contribution in [3.8, 4) is 5.75 Å². The fourth-order valence-electron chi connectivity index (χ4n) is 1.85. The molecule has 1 aromatic rings. The van der Waals surface area contributed by atoms with Crippen LogP contribution in [0.1, 0.15) is 33.1 Å². The van der Waals surface area contributed by atoms with E-state index >= 15 is 0 Å². The molecule has 0 saturated carbocycles. The highest BCUT2D eigenvalue weighted by Crippen LogP contribution is 2.17. The van der Waals surface area contributed by atoms with E-state index in [4.69, 9.17) is 9.47 Å². The quantitative estimate of drug-likeness (QED) is 0.396. The van der Waals surface area contributed by atoms with Gasteiger partial charge in [0.2, 0.25) is 0 Å². The zero-order valence-electron chi connectivity index (χ0n) is 14.0. The molecule has 0 spiro atoms. The summed E-state index contributed by atoms with van der Waals surface area (Å²) in [6.45, 7) is 7.27. The standard InChI is InChI=1S/C17H29N3O2/c1-4-6-11-19-17(18-5-2)20-15-9-7-10-16(14-15)22-13-8-12-21-3/h7,9-10,14H,4-6,8,11-13H2,1-3H3,(H2,18,19,20). The number of ether oxygens (including phenoxy) is 2. The minimum absolute atomic E-state index is 0.655. The Morgan fingerprint density at radius 2 is 2.05 bits per heavy atom. The Balaban J connectivity index is 2.56. The van der Waals surface area contributed by atoms with Gasteiger partial charge in [0.1, 0.15) is 5.75 Å². The Kier molecular flexibility index (Phi) is 9.87. The molecule has 0 amide bonds. The van der Waals surface area contributed by atoms with Gasteiger partial charge in [0.05, 0.1) is 6.61 Å². The first-order valence-electron chi connectivity index (χ1n) is 8.07. The van der Waals surface area contributed by atoms with E-state index in [2.05, 4.69) is 29.5 Å². The molecule has 22 heavy (non-hydrogen) atoms. The first-order chi connectivity index (χ1) is 10.8. The number of aliphatic imine (C=N–C) groups is 1. The van der Waals surface area contributed by atoms with Gasteiger partial charge in [-0.2, -0.15) is 0 Å². The maximum atomic E-state index is 5.71. The monoisotopic (exact) mass is 307 g/mol. The molecule has 0 radical (unpaired) electrons. The van der Waals surface area contributed by atoms with Crippen LogP contribution in [0.25, 0.3) is 0 Å². The summed E-state index contributed by atoms with van der Waals surface area (Å²) in [7, 11) is 1.70. The van der Waals surface area contributed by atoms with Crippen molar-refractivity contribution in [2.45, 2.75) is 33.1 Å². The van der Waals surface area contributed by atoms with Crippen molar-refractivity contribution in [3.05, 3.63) is 24.3 Å². The highest BCUT2D eigenvalue weighted by Gasteiger charge is 2.01. The number of hydrogen-bond donors (Lipinski definition) is 2. The van der Waals surface area contributed by atoms with Crippen LogP contribution in [0.3, 0.4) is 0 Å². The molecule has 0 aromatic heterocycles. The van der Waals surface area contributed by atoms with Crippen molar-refractivity contribution in [1.29, 1.82) is 0 Å². The summed E-state index contributed by atoms with van der Waals surface area (Å²) in [5.41, 5.74) is 0.973. The van der Waals surface area contributed by atoms with Gasteiger partial charge in [-0.3, -0.25) is 4.99 Å². The molecular weight excluding hydrogens is 278 g/mol. The van der Waals surface area contributed by atoms with E-state index in [1.165, 1.54) is 0 Å². The molecule has 5 nitrogen and oxygen atoms in total. The second kappa shape index (κ2) is 11.9. The van der Waals surface area contributed by atoms with Crippen molar-refractivity contribution in [1.82, 2.24) is 5.32 Å². The Labute approximate surface area is 134 Å². The molecule has 2 N–H and O–H groups in total. The second-order valence-electron chi connectivity index (χ2n) is 4.96. The number of guanidine groups is 1. The van der Waals surface area contributed by atoms with Crippen molar-refractivity contribution in [2.24, 2.45) is 4.99 Å². The first kappa shape index (κ1) is 18.3. The Bertz CT molecular complexity index is 436. The second-order valence-corrected chi connectivity index (χ2v) is 4.96. The van der Waals surface area contributed by atoms with Crippen LogP contribution in [0.5, 0.6) is 5.75 Å². The highest BCUT2D eigenvalue weighted by atomic mass is 16.5. The van der Waals surface area contributed by atoms with Gasteiger partial charge in [-0.25, -0.2) is 0 Å². The summed E-state index contributed by atoms with van der Waals surface area (Å²) < 4.78 is 10.7. The average molecular weight is 307 g/mol. The molecule has 0 aliphatic rings. The van der Waals surface area contributed by atoms with E-state index in [1.54, 1.807) is 7.11 Å². The first-order valence-corrected chi connectivity index (χ1v) is 8.07. The number of nitrogens with one attached hydrogen (secondary N) is 2. The number of benzene rings is 1. The van der Waals surface area contributed by atoms with Gasteiger partial charge in [0.15, 0.2) is 5.96 Å². The summed E-state index contributed by atoms with van der Waals surface area (Å²) in [5.74, 6) is 1.66. The topological polar surface area (TPSA) is 54.9 Å².